The highest BCUT2D eigenvalue weighted by Crippen LogP contribution is 2.39. The Morgan fingerprint density at radius 2 is 1.76 bits per heavy atom. The van der Waals surface area contributed by atoms with E-state index in [-0.39, 0.29) is 11.6 Å². The molecule has 0 radical (unpaired) electrons. The van der Waals surface area contributed by atoms with E-state index in [1.807, 2.05) is 0 Å². The summed E-state index contributed by atoms with van der Waals surface area (Å²) in [6.07, 6.45) is 9.32. The van der Waals surface area contributed by atoms with Crippen molar-refractivity contribution in [1.82, 2.24) is 0 Å². The molecule has 2 unspecified atom stereocenters. The highest BCUT2D eigenvalue weighted by Gasteiger charge is 2.24. The van der Waals surface area contributed by atoms with Crippen LogP contribution in [0.1, 0.15) is 59.3 Å². The van der Waals surface area contributed by atoms with E-state index in [9.17, 15) is 8.78 Å². The number of halogens is 2. The fourth-order valence-electron chi connectivity index (χ4n) is 2.89. The topological polar surface area (TPSA) is 0 Å². The molecule has 0 saturated heterocycles. The molecule has 0 nitrogen and oxygen atoms in total. The second-order valence-electron chi connectivity index (χ2n) is 5.93. The molecule has 0 bridgehead atoms. The second kappa shape index (κ2) is 10.3. The molecule has 0 fully saturated rings. The molecule has 0 spiro atoms. The fraction of sp³-hybridized carbons (Fsp3) is 0.667. The van der Waals surface area contributed by atoms with Gasteiger partial charge in [-0.2, -0.15) is 0 Å². The van der Waals surface area contributed by atoms with E-state index in [0.29, 0.717) is 5.30 Å². The minimum Gasteiger partial charge on any atom is -0.207 e. The summed E-state index contributed by atoms with van der Waals surface area (Å²) in [6.45, 7) is 6.60. The van der Waals surface area contributed by atoms with E-state index in [1.165, 1.54) is 50.3 Å². The van der Waals surface area contributed by atoms with Crippen molar-refractivity contribution in [2.45, 2.75) is 59.3 Å². The Bertz CT molecular complexity index is 406. The molecule has 1 aromatic rings. The van der Waals surface area contributed by atoms with Crippen molar-refractivity contribution < 1.29 is 8.78 Å². The predicted molar refractivity (Wildman–Crippen MR) is 92.3 cm³/mol. The van der Waals surface area contributed by atoms with E-state index in [0.717, 1.165) is 24.7 Å². The molecule has 0 amide bonds. The standard InChI is InChI=1S/C18H29F2P/c1-4-7-8-15(6-3)11-13-21(12-5-2)18-14-16(19)9-10-17(18)20/h9-10,14-15H,4-8,11-13H2,1-3H3/p+1. The zero-order valence-corrected chi connectivity index (χ0v) is 14.7. The molecular formula is C18H30F2P+. The first-order chi connectivity index (χ1) is 10.1. The van der Waals surface area contributed by atoms with E-state index < -0.39 is 7.92 Å². The van der Waals surface area contributed by atoms with Crippen LogP contribution in [-0.2, 0) is 0 Å². The summed E-state index contributed by atoms with van der Waals surface area (Å²) in [5, 5.41) is 0.673. The summed E-state index contributed by atoms with van der Waals surface area (Å²) < 4.78 is 27.4. The molecule has 0 aromatic heterocycles. The Labute approximate surface area is 130 Å². The highest BCUT2D eigenvalue weighted by atomic mass is 31.1. The molecule has 0 heterocycles. The van der Waals surface area contributed by atoms with Gasteiger partial charge in [0.25, 0.3) is 0 Å². The van der Waals surface area contributed by atoms with Crippen LogP contribution in [0.3, 0.4) is 0 Å². The van der Waals surface area contributed by atoms with Crippen LogP contribution >= 0.6 is 7.92 Å². The van der Waals surface area contributed by atoms with Crippen molar-refractivity contribution >= 4 is 13.2 Å². The number of unbranched alkanes of at least 4 members (excludes halogenated alkanes) is 1. The minimum absolute atomic E-state index is 0.208. The molecule has 0 aliphatic rings. The number of hydrogen-bond donors (Lipinski definition) is 0. The first kappa shape index (κ1) is 18.6. The van der Waals surface area contributed by atoms with Crippen molar-refractivity contribution in [2.24, 2.45) is 5.92 Å². The Balaban J connectivity index is 2.70. The Morgan fingerprint density at radius 1 is 1.00 bits per heavy atom. The normalized spacial score (nSPS) is 14.1. The van der Waals surface area contributed by atoms with Crippen LogP contribution in [0, 0.1) is 17.6 Å². The Morgan fingerprint density at radius 3 is 2.38 bits per heavy atom. The van der Waals surface area contributed by atoms with Gasteiger partial charge in [0.15, 0.2) is 5.82 Å². The SMILES string of the molecule is CCCCC(CC)CC[PH+](CCC)c1cc(F)ccc1F. The predicted octanol–water partition coefficient (Wildman–Crippen LogP) is 5.82. The summed E-state index contributed by atoms with van der Waals surface area (Å²) >= 11 is 0. The molecule has 21 heavy (non-hydrogen) atoms. The van der Waals surface area contributed by atoms with Crippen LogP contribution < -0.4 is 5.30 Å². The van der Waals surface area contributed by atoms with Gasteiger partial charge in [-0.1, -0.05) is 46.5 Å². The minimum atomic E-state index is -0.970. The maximum atomic E-state index is 14.0. The molecule has 1 rings (SSSR count). The third-order valence-electron chi connectivity index (χ3n) is 4.26. The van der Waals surface area contributed by atoms with Crippen LogP contribution in [0.15, 0.2) is 18.2 Å². The zero-order chi connectivity index (χ0) is 15.7. The van der Waals surface area contributed by atoms with E-state index >= 15 is 0 Å². The molecular weight excluding hydrogens is 285 g/mol. The van der Waals surface area contributed by atoms with Gasteiger partial charge < -0.3 is 0 Å². The average Bonchev–Trinajstić information content (AvgIpc) is 2.49. The molecule has 2 atom stereocenters. The van der Waals surface area contributed by atoms with Crippen LogP contribution in [0.2, 0.25) is 0 Å². The molecule has 0 aliphatic heterocycles. The van der Waals surface area contributed by atoms with Crippen molar-refractivity contribution in [3.05, 3.63) is 29.8 Å². The van der Waals surface area contributed by atoms with Crippen LogP contribution in [0.4, 0.5) is 8.78 Å². The van der Waals surface area contributed by atoms with E-state index in [4.69, 9.17) is 0 Å². The summed E-state index contributed by atoms with van der Waals surface area (Å²) in [5.41, 5.74) is 0. The van der Waals surface area contributed by atoms with E-state index in [1.54, 1.807) is 0 Å². The Hall–Kier alpha value is -0.490. The van der Waals surface area contributed by atoms with Crippen molar-refractivity contribution in [3.8, 4) is 0 Å². The summed E-state index contributed by atoms with van der Waals surface area (Å²) in [4.78, 5) is 0. The fourth-order valence-corrected chi connectivity index (χ4v) is 5.80. The van der Waals surface area contributed by atoms with Gasteiger partial charge in [-0.25, -0.2) is 8.78 Å². The lowest BCUT2D eigenvalue weighted by Gasteiger charge is -2.16. The summed E-state index contributed by atoms with van der Waals surface area (Å²) in [7, 11) is -0.970. The van der Waals surface area contributed by atoms with Crippen molar-refractivity contribution in [3.63, 3.8) is 0 Å². The quantitative estimate of drug-likeness (QED) is 0.477. The smallest absolute Gasteiger partial charge is 0.165 e. The first-order valence-electron chi connectivity index (χ1n) is 8.42. The van der Waals surface area contributed by atoms with Gasteiger partial charge >= 0.3 is 0 Å². The second-order valence-corrected chi connectivity index (χ2v) is 8.68. The lowest BCUT2D eigenvalue weighted by molar-refractivity contribution is 0.441. The average molecular weight is 315 g/mol. The third-order valence-corrected chi connectivity index (χ3v) is 7.40. The van der Waals surface area contributed by atoms with Gasteiger partial charge in [-0.05, 0) is 30.9 Å². The molecule has 0 saturated carbocycles. The largest absolute Gasteiger partial charge is 0.207 e. The van der Waals surface area contributed by atoms with Crippen LogP contribution in [0.5, 0.6) is 0 Å². The van der Waals surface area contributed by atoms with Gasteiger partial charge in [-0.3, -0.25) is 0 Å². The molecule has 1 aromatic carbocycles. The van der Waals surface area contributed by atoms with Gasteiger partial charge in [-0.15, -0.1) is 0 Å². The molecule has 0 N–H and O–H groups in total. The third kappa shape index (κ3) is 6.43. The zero-order valence-electron chi connectivity index (χ0n) is 13.7. The van der Waals surface area contributed by atoms with Crippen molar-refractivity contribution in [2.75, 3.05) is 12.3 Å². The lowest BCUT2D eigenvalue weighted by atomic mass is 9.97. The van der Waals surface area contributed by atoms with Gasteiger partial charge in [0, 0.05) is 14.0 Å². The molecule has 120 valence electrons. The molecule has 3 heteroatoms. The van der Waals surface area contributed by atoms with Gasteiger partial charge in [0.2, 0.25) is 0 Å². The van der Waals surface area contributed by atoms with Crippen LogP contribution in [-0.4, -0.2) is 12.3 Å². The lowest BCUT2D eigenvalue weighted by Crippen LogP contribution is -2.13. The van der Waals surface area contributed by atoms with Gasteiger partial charge in [0.1, 0.15) is 11.1 Å². The number of hydrogen-bond acceptors (Lipinski definition) is 0. The first-order valence-corrected chi connectivity index (χ1v) is 10.3. The maximum absolute atomic E-state index is 14.0. The summed E-state index contributed by atoms with van der Waals surface area (Å²) in [6, 6.07) is 3.95. The number of rotatable bonds is 10. The van der Waals surface area contributed by atoms with Crippen molar-refractivity contribution in [1.29, 1.82) is 0 Å². The monoisotopic (exact) mass is 315 g/mol. The Kier molecular flexibility index (Phi) is 9.08. The highest BCUT2D eigenvalue weighted by molar-refractivity contribution is 7.65. The molecule has 0 aliphatic carbocycles. The number of benzene rings is 1. The maximum Gasteiger partial charge on any atom is 0.165 e. The summed E-state index contributed by atoms with van der Waals surface area (Å²) in [5.74, 6) is 0.238. The van der Waals surface area contributed by atoms with E-state index in [2.05, 4.69) is 20.8 Å². The van der Waals surface area contributed by atoms with Crippen LogP contribution in [0.25, 0.3) is 0 Å². The van der Waals surface area contributed by atoms with Gasteiger partial charge in [0.05, 0.1) is 12.3 Å².